The zero-order chi connectivity index (χ0) is 22.9. The first kappa shape index (κ1) is 22.2. The molecular weight excluding hydrogens is 452 g/mol. The Morgan fingerprint density at radius 1 is 1.16 bits per heavy atom. The van der Waals surface area contributed by atoms with E-state index in [0.717, 1.165) is 17.5 Å². The number of esters is 1. The number of nitrogens with one attached hydrogen (secondary N) is 1. The first-order valence-electron chi connectivity index (χ1n) is 10.0. The molecule has 32 heavy (non-hydrogen) atoms. The molecule has 168 valence electrons. The maximum absolute atomic E-state index is 12.6. The fourth-order valence-electron chi connectivity index (χ4n) is 3.38. The number of nitrogens with zero attached hydrogens (tertiary/aromatic N) is 2. The Morgan fingerprint density at radius 2 is 1.84 bits per heavy atom. The van der Waals surface area contributed by atoms with Crippen molar-refractivity contribution >= 4 is 54.3 Å². The molecule has 1 atom stereocenters. The predicted octanol–water partition coefficient (Wildman–Crippen LogP) is 2.85. The van der Waals surface area contributed by atoms with Crippen LogP contribution < -0.4 is 11.1 Å². The molecule has 1 amide bonds. The molecule has 0 spiro atoms. The van der Waals surface area contributed by atoms with Crippen LogP contribution >= 0.6 is 11.3 Å². The van der Waals surface area contributed by atoms with Crippen molar-refractivity contribution < 1.29 is 22.7 Å². The number of carbonyl (C=O) groups excluding carboxylic acids is 2. The van der Waals surface area contributed by atoms with Crippen LogP contribution in [-0.2, 0) is 19.6 Å². The number of rotatable bonds is 6. The molecule has 0 bridgehead atoms. The van der Waals surface area contributed by atoms with Crippen LogP contribution in [-0.4, -0.2) is 48.8 Å². The molecule has 2 aromatic carbocycles. The standard InChI is InChI=1S/C21H22N4O5S2/c1-13(30-20(27)14-4-9-17-18(12-14)31-21(22)24-17)19(26)23-15-5-7-16(8-6-15)32(28,29)25-10-2-3-11-25/h4-9,12-13H,2-3,10-11H2,1H3,(H2,22,24)(H,23,26). The van der Waals surface area contributed by atoms with E-state index in [4.69, 9.17) is 10.5 Å². The van der Waals surface area contributed by atoms with Gasteiger partial charge < -0.3 is 15.8 Å². The van der Waals surface area contributed by atoms with Crippen molar-refractivity contribution in [2.45, 2.75) is 30.8 Å². The van der Waals surface area contributed by atoms with Crippen LogP contribution in [0.25, 0.3) is 10.2 Å². The topological polar surface area (TPSA) is 132 Å². The van der Waals surface area contributed by atoms with E-state index >= 15 is 0 Å². The second-order valence-electron chi connectivity index (χ2n) is 7.41. The van der Waals surface area contributed by atoms with Gasteiger partial charge in [-0.15, -0.1) is 0 Å². The smallest absolute Gasteiger partial charge is 0.338 e. The number of thiazole rings is 1. The largest absolute Gasteiger partial charge is 0.449 e. The maximum Gasteiger partial charge on any atom is 0.338 e. The Bertz CT molecular complexity index is 1270. The average Bonchev–Trinajstić information content (AvgIpc) is 3.43. The van der Waals surface area contributed by atoms with E-state index < -0.39 is 28.0 Å². The van der Waals surface area contributed by atoms with Gasteiger partial charge in [0, 0.05) is 18.8 Å². The van der Waals surface area contributed by atoms with Crippen LogP contribution in [0.2, 0.25) is 0 Å². The Hall–Kier alpha value is -3.02. The number of nitrogen functional groups attached to an aromatic ring is 1. The third-order valence-electron chi connectivity index (χ3n) is 5.12. The molecule has 1 saturated heterocycles. The number of fused-ring (bicyclic) bond motifs is 1. The van der Waals surface area contributed by atoms with Gasteiger partial charge in [0.25, 0.3) is 5.91 Å². The van der Waals surface area contributed by atoms with Crippen molar-refractivity contribution in [3.05, 3.63) is 48.0 Å². The van der Waals surface area contributed by atoms with Crippen LogP contribution in [0.3, 0.4) is 0 Å². The zero-order valence-corrected chi connectivity index (χ0v) is 18.9. The van der Waals surface area contributed by atoms with Crippen molar-refractivity contribution in [1.29, 1.82) is 0 Å². The molecule has 3 N–H and O–H groups in total. The van der Waals surface area contributed by atoms with E-state index in [2.05, 4.69) is 10.3 Å². The number of amides is 1. The van der Waals surface area contributed by atoms with E-state index in [1.807, 2.05) is 0 Å². The van der Waals surface area contributed by atoms with Crippen LogP contribution in [0.15, 0.2) is 47.4 Å². The lowest BCUT2D eigenvalue weighted by molar-refractivity contribution is -0.123. The highest BCUT2D eigenvalue weighted by Gasteiger charge is 2.27. The van der Waals surface area contributed by atoms with Gasteiger partial charge in [0.2, 0.25) is 10.0 Å². The molecule has 4 rings (SSSR count). The molecule has 9 nitrogen and oxygen atoms in total. The molecule has 0 radical (unpaired) electrons. The number of aromatic nitrogens is 1. The van der Waals surface area contributed by atoms with Crippen molar-refractivity contribution in [2.24, 2.45) is 0 Å². The molecule has 3 aromatic rings. The summed E-state index contributed by atoms with van der Waals surface area (Å²) in [6.45, 7) is 2.50. The van der Waals surface area contributed by atoms with Gasteiger partial charge in [0.1, 0.15) is 0 Å². The van der Waals surface area contributed by atoms with Gasteiger partial charge in [0.15, 0.2) is 11.2 Å². The van der Waals surface area contributed by atoms with E-state index in [9.17, 15) is 18.0 Å². The van der Waals surface area contributed by atoms with Gasteiger partial charge in [-0.25, -0.2) is 18.2 Å². The van der Waals surface area contributed by atoms with Gasteiger partial charge in [-0.2, -0.15) is 4.31 Å². The maximum atomic E-state index is 12.6. The molecule has 0 aliphatic carbocycles. The third kappa shape index (κ3) is 4.59. The van der Waals surface area contributed by atoms with Gasteiger partial charge in [-0.3, -0.25) is 4.79 Å². The fraction of sp³-hybridized carbons (Fsp3) is 0.286. The third-order valence-corrected chi connectivity index (χ3v) is 7.88. The van der Waals surface area contributed by atoms with Crippen molar-refractivity contribution in [2.75, 3.05) is 24.1 Å². The minimum atomic E-state index is -3.52. The number of sulfonamides is 1. The number of ether oxygens (including phenoxy) is 1. The monoisotopic (exact) mass is 474 g/mol. The van der Waals surface area contributed by atoms with E-state index in [1.165, 1.54) is 46.8 Å². The molecule has 1 unspecified atom stereocenters. The summed E-state index contributed by atoms with van der Waals surface area (Å²) in [6.07, 6.45) is 0.657. The van der Waals surface area contributed by atoms with E-state index in [0.29, 0.717) is 29.4 Å². The first-order chi connectivity index (χ1) is 15.2. The summed E-state index contributed by atoms with van der Waals surface area (Å²) in [5, 5.41) is 3.03. The number of benzene rings is 2. The highest BCUT2D eigenvalue weighted by atomic mass is 32.2. The Morgan fingerprint density at radius 3 is 2.53 bits per heavy atom. The second-order valence-corrected chi connectivity index (χ2v) is 10.4. The minimum Gasteiger partial charge on any atom is -0.449 e. The lowest BCUT2D eigenvalue weighted by Gasteiger charge is -2.16. The highest BCUT2D eigenvalue weighted by Crippen LogP contribution is 2.25. The summed E-state index contributed by atoms with van der Waals surface area (Å²) in [6, 6.07) is 10.8. The number of hydrogen-bond donors (Lipinski definition) is 2. The van der Waals surface area contributed by atoms with Crippen molar-refractivity contribution in [3.8, 4) is 0 Å². The number of anilines is 2. The minimum absolute atomic E-state index is 0.177. The normalized spacial score (nSPS) is 15.5. The predicted molar refractivity (Wildman–Crippen MR) is 122 cm³/mol. The average molecular weight is 475 g/mol. The van der Waals surface area contributed by atoms with Gasteiger partial charge in [0.05, 0.1) is 20.7 Å². The molecule has 1 aromatic heterocycles. The van der Waals surface area contributed by atoms with Crippen LogP contribution in [0.5, 0.6) is 0 Å². The molecule has 1 aliphatic heterocycles. The summed E-state index contributed by atoms with van der Waals surface area (Å²) in [4.78, 5) is 29.2. The molecule has 1 aliphatic rings. The molecular formula is C21H22N4O5S2. The molecule has 11 heteroatoms. The second kappa shape index (κ2) is 8.85. The van der Waals surface area contributed by atoms with Crippen molar-refractivity contribution in [1.82, 2.24) is 9.29 Å². The van der Waals surface area contributed by atoms with E-state index in [-0.39, 0.29) is 10.5 Å². The van der Waals surface area contributed by atoms with Crippen LogP contribution in [0, 0.1) is 0 Å². The zero-order valence-electron chi connectivity index (χ0n) is 17.3. The Labute approximate surface area is 189 Å². The summed E-state index contributed by atoms with van der Waals surface area (Å²) >= 11 is 1.26. The molecule has 2 heterocycles. The SMILES string of the molecule is CC(OC(=O)c1ccc2nc(N)sc2c1)C(=O)Nc1ccc(S(=O)(=O)N2CCCC2)cc1. The fourth-order valence-corrected chi connectivity index (χ4v) is 5.67. The highest BCUT2D eigenvalue weighted by molar-refractivity contribution is 7.89. The van der Waals surface area contributed by atoms with Gasteiger partial charge in [-0.1, -0.05) is 11.3 Å². The van der Waals surface area contributed by atoms with Crippen LogP contribution in [0.1, 0.15) is 30.1 Å². The number of nitrogens with two attached hydrogens (primary N) is 1. The summed E-state index contributed by atoms with van der Waals surface area (Å²) in [5.74, 6) is -1.18. The van der Waals surface area contributed by atoms with Crippen LogP contribution in [0.4, 0.5) is 10.8 Å². The number of carbonyl (C=O) groups is 2. The van der Waals surface area contributed by atoms with Gasteiger partial charge >= 0.3 is 5.97 Å². The summed E-state index contributed by atoms with van der Waals surface area (Å²) < 4.78 is 32.7. The Kier molecular flexibility index (Phi) is 6.13. The summed E-state index contributed by atoms with van der Waals surface area (Å²) in [7, 11) is -3.52. The lowest BCUT2D eigenvalue weighted by Crippen LogP contribution is -2.30. The quantitative estimate of drug-likeness (QED) is 0.525. The summed E-state index contributed by atoms with van der Waals surface area (Å²) in [5.41, 5.74) is 7.05. The molecule has 0 saturated carbocycles. The number of hydrogen-bond acceptors (Lipinski definition) is 8. The van der Waals surface area contributed by atoms with Crippen molar-refractivity contribution in [3.63, 3.8) is 0 Å². The Balaban J connectivity index is 1.38. The first-order valence-corrected chi connectivity index (χ1v) is 12.3. The molecule has 1 fully saturated rings. The lowest BCUT2D eigenvalue weighted by atomic mass is 10.2. The van der Waals surface area contributed by atoms with Gasteiger partial charge in [-0.05, 0) is 62.2 Å². The van der Waals surface area contributed by atoms with E-state index in [1.54, 1.807) is 18.2 Å².